The Morgan fingerprint density at radius 3 is 2.41 bits per heavy atom. The molecule has 2 heterocycles. The van der Waals surface area contributed by atoms with E-state index in [0.29, 0.717) is 5.92 Å². The molecular formula is C27H26N2. The van der Waals surface area contributed by atoms with E-state index in [9.17, 15) is 0 Å². The molecule has 6 rings (SSSR count). The molecule has 0 atom stereocenters. The fourth-order valence-electron chi connectivity index (χ4n) is 5.60. The summed E-state index contributed by atoms with van der Waals surface area (Å²) in [6, 6.07) is 17.9. The van der Waals surface area contributed by atoms with Crippen molar-refractivity contribution < 1.29 is 0 Å². The molecule has 2 aromatic carbocycles. The quantitative estimate of drug-likeness (QED) is 0.352. The van der Waals surface area contributed by atoms with Crippen LogP contribution in [0.2, 0.25) is 0 Å². The average molecular weight is 379 g/mol. The molecule has 2 aromatic heterocycles. The first kappa shape index (κ1) is 17.1. The maximum atomic E-state index is 5.16. The van der Waals surface area contributed by atoms with Gasteiger partial charge in [0.2, 0.25) is 0 Å². The Kier molecular flexibility index (Phi) is 3.62. The normalized spacial score (nSPS) is 18.1. The van der Waals surface area contributed by atoms with Gasteiger partial charge in [0.1, 0.15) is 0 Å². The fraction of sp³-hybridized carbons (Fsp3) is 0.333. The van der Waals surface area contributed by atoms with Gasteiger partial charge in [-0.2, -0.15) is 0 Å². The molecule has 0 spiro atoms. The molecular weight excluding hydrogens is 352 g/mol. The van der Waals surface area contributed by atoms with Gasteiger partial charge in [-0.05, 0) is 59.0 Å². The lowest BCUT2D eigenvalue weighted by molar-refractivity contribution is 0.436. The van der Waals surface area contributed by atoms with Crippen LogP contribution in [0.15, 0.2) is 54.7 Å². The number of rotatable bonds is 1. The summed E-state index contributed by atoms with van der Waals surface area (Å²) >= 11 is 0. The van der Waals surface area contributed by atoms with Gasteiger partial charge >= 0.3 is 0 Å². The highest BCUT2D eigenvalue weighted by molar-refractivity contribution is 6.02. The SMILES string of the molecule is CC1(C)c2cc3ccccc3cc2-c2nccc3nc(C4CCCCC4)cc1c23. The van der Waals surface area contributed by atoms with Crippen LogP contribution in [0.25, 0.3) is 32.9 Å². The number of aromatic nitrogens is 2. The van der Waals surface area contributed by atoms with Gasteiger partial charge in [-0.25, -0.2) is 0 Å². The predicted molar refractivity (Wildman–Crippen MR) is 120 cm³/mol. The van der Waals surface area contributed by atoms with Crippen molar-refractivity contribution in [2.45, 2.75) is 57.3 Å². The van der Waals surface area contributed by atoms with Crippen LogP contribution in [-0.4, -0.2) is 9.97 Å². The maximum absolute atomic E-state index is 5.16. The van der Waals surface area contributed by atoms with E-state index in [1.165, 1.54) is 70.6 Å². The topological polar surface area (TPSA) is 25.8 Å². The van der Waals surface area contributed by atoms with E-state index in [1.54, 1.807) is 0 Å². The lowest BCUT2D eigenvalue weighted by Gasteiger charge is -2.35. The molecule has 0 N–H and O–H groups in total. The summed E-state index contributed by atoms with van der Waals surface area (Å²) in [5.41, 5.74) is 7.47. The molecule has 2 nitrogen and oxygen atoms in total. The van der Waals surface area contributed by atoms with Crippen LogP contribution in [-0.2, 0) is 5.41 Å². The van der Waals surface area contributed by atoms with Crippen LogP contribution >= 0.6 is 0 Å². The van der Waals surface area contributed by atoms with E-state index in [-0.39, 0.29) is 5.41 Å². The summed E-state index contributed by atoms with van der Waals surface area (Å²) in [5.74, 6) is 0.606. The highest BCUT2D eigenvalue weighted by Crippen LogP contribution is 2.49. The van der Waals surface area contributed by atoms with E-state index in [4.69, 9.17) is 9.97 Å². The van der Waals surface area contributed by atoms with Crippen LogP contribution in [0, 0.1) is 0 Å². The van der Waals surface area contributed by atoms with Crippen molar-refractivity contribution in [2.75, 3.05) is 0 Å². The summed E-state index contributed by atoms with van der Waals surface area (Å²) < 4.78 is 0. The third-order valence-corrected chi connectivity index (χ3v) is 7.25. The van der Waals surface area contributed by atoms with Gasteiger partial charge in [0, 0.05) is 34.2 Å². The molecule has 0 saturated heterocycles. The molecule has 0 unspecified atom stereocenters. The number of hydrogen-bond acceptors (Lipinski definition) is 2. The van der Waals surface area contributed by atoms with Crippen molar-refractivity contribution in [3.8, 4) is 11.3 Å². The van der Waals surface area contributed by atoms with E-state index in [2.05, 4.69) is 62.4 Å². The molecule has 144 valence electrons. The van der Waals surface area contributed by atoms with Gasteiger partial charge in [-0.3, -0.25) is 9.97 Å². The van der Waals surface area contributed by atoms with Crippen molar-refractivity contribution in [3.63, 3.8) is 0 Å². The van der Waals surface area contributed by atoms with Gasteiger partial charge in [0.25, 0.3) is 0 Å². The van der Waals surface area contributed by atoms with E-state index >= 15 is 0 Å². The first-order chi connectivity index (χ1) is 14.1. The zero-order chi connectivity index (χ0) is 19.6. The van der Waals surface area contributed by atoms with Gasteiger partial charge in [-0.1, -0.05) is 57.4 Å². The molecule has 0 amide bonds. The van der Waals surface area contributed by atoms with Crippen molar-refractivity contribution in [1.82, 2.24) is 9.97 Å². The Hall–Kier alpha value is -2.74. The molecule has 0 aliphatic heterocycles. The second-order valence-corrected chi connectivity index (χ2v) is 9.35. The molecule has 0 bridgehead atoms. The van der Waals surface area contributed by atoms with Crippen LogP contribution in [0.4, 0.5) is 0 Å². The minimum Gasteiger partial charge on any atom is -0.255 e. The van der Waals surface area contributed by atoms with E-state index in [0.717, 1.165) is 11.2 Å². The Balaban J connectivity index is 1.67. The summed E-state index contributed by atoms with van der Waals surface area (Å²) in [5, 5.41) is 3.83. The predicted octanol–water partition coefficient (Wildman–Crippen LogP) is 7.14. The van der Waals surface area contributed by atoms with Crippen LogP contribution in [0.3, 0.4) is 0 Å². The van der Waals surface area contributed by atoms with Gasteiger partial charge in [0.05, 0.1) is 11.2 Å². The maximum Gasteiger partial charge on any atom is 0.0802 e. The summed E-state index contributed by atoms with van der Waals surface area (Å²) in [7, 11) is 0. The average Bonchev–Trinajstić information content (AvgIpc) is 2.77. The van der Waals surface area contributed by atoms with Crippen molar-refractivity contribution in [1.29, 1.82) is 0 Å². The molecule has 4 aromatic rings. The first-order valence-corrected chi connectivity index (χ1v) is 11.0. The molecule has 1 fully saturated rings. The highest BCUT2D eigenvalue weighted by atomic mass is 14.8. The minimum absolute atomic E-state index is 0.0694. The molecule has 2 aliphatic rings. The van der Waals surface area contributed by atoms with Crippen LogP contribution in [0.5, 0.6) is 0 Å². The Bertz CT molecular complexity index is 1260. The summed E-state index contributed by atoms with van der Waals surface area (Å²) in [6.45, 7) is 4.74. The Labute approximate surface area is 172 Å². The first-order valence-electron chi connectivity index (χ1n) is 11.0. The zero-order valence-corrected chi connectivity index (χ0v) is 17.2. The lowest BCUT2D eigenvalue weighted by atomic mass is 9.69. The minimum atomic E-state index is -0.0694. The molecule has 2 aliphatic carbocycles. The van der Waals surface area contributed by atoms with Gasteiger partial charge < -0.3 is 0 Å². The lowest BCUT2D eigenvalue weighted by Crippen LogP contribution is -2.25. The summed E-state index contributed by atoms with van der Waals surface area (Å²) in [6.07, 6.45) is 8.53. The van der Waals surface area contributed by atoms with Gasteiger partial charge in [0.15, 0.2) is 0 Å². The molecule has 29 heavy (non-hydrogen) atoms. The molecule has 1 saturated carbocycles. The molecule has 0 radical (unpaired) electrons. The van der Waals surface area contributed by atoms with Crippen molar-refractivity contribution in [2.24, 2.45) is 0 Å². The smallest absolute Gasteiger partial charge is 0.0802 e. The zero-order valence-electron chi connectivity index (χ0n) is 17.2. The number of fused-ring (bicyclic) bond motifs is 3. The van der Waals surface area contributed by atoms with Crippen LogP contribution in [0.1, 0.15) is 68.7 Å². The van der Waals surface area contributed by atoms with Crippen molar-refractivity contribution >= 4 is 21.7 Å². The van der Waals surface area contributed by atoms with E-state index in [1.807, 2.05) is 6.20 Å². The second-order valence-electron chi connectivity index (χ2n) is 9.35. The van der Waals surface area contributed by atoms with E-state index < -0.39 is 0 Å². The van der Waals surface area contributed by atoms with Gasteiger partial charge in [-0.15, -0.1) is 0 Å². The standard InChI is InChI=1S/C27H26N2/c1-27(2)21-15-19-11-7-6-10-18(19)14-20(21)26-25-22(27)16-24(17-8-4-3-5-9-17)29-23(25)12-13-28-26/h6-7,10-17H,3-5,8-9H2,1-2H3. The third-order valence-electron chi connectivity index (χ3n) is 7.25. The Morgan fingerprint density at radius 2 is 1.62 bits per heavy atom. The second kappa shape index (κ2) is 6.13. The number of benzene rings is 2. The molecule has 2 heteroatoms. The largest absolute Gasteiger partial charge is 0.255 e. The number of pyridine rings is 2. The summed E-state index contributed by atoms with van der Waals surface area (Å²) in [4.78, 5) is 10.0. The van der Waals surface area contributed by atoms with Crippen LogP contribution < -0.4 is 0 Å². The monoisotopic (exact) mass is 378 g/mol. The van der Waals surface area contributed by atoms with Crippen molar-refractivity contribution in [3.05, 3.63) is 71.5 Å². The Morgan fingerprint density at radius 1 is 0.862 bits per heavy atom. The third kappa shape index (κ3) is 2.48. The fourth-order valence-corrected chi connectivity index (χ4v) is 5.60. The highest BCUT2D eigenvalue weighted by Gasteiger charge is 2.35. The number of hydrogen-bond donors (Lipinski definition) is 0. The number of nitrogens with zero attached hydrogens (tertiary/aromatic N) is 2.